The van der Waals surface area contributed by atoms with Gasteiger partial charge in [0, 0.05) is 5.56 Å². The molecule has 4 nitrogen and oxygen atoms in total. The molecule has 1 unspecified atom stereocenters. The highest BCUT2D eigenvalue weighted by molar-refractivity contribution is 5.77. The molecule has 4 heteroatoms. The van der Waals surface area contributed by atoms with E-state index >= 15 is 0 Å². The largest absolute Gasteiger partial charge is 0.496 e. The van der Waals surface area contributed by atoms with Gasteiger partial charge in [0.25, 0.3) is 0 Å². The Hall–Kier alpha value is -2.49. The molecule has 0 aliphatic rings. The molecule has 0 fully saturated rings. The molecular formula is C19H22O4. The van der Waals surface area contributed by atoms with Gasteiger partial charge >= 0.3 is 5.97 Å². The van der Waals surface area contributed by atoms with Crippen LogP contribution in [0.3, 0.4) is 0 Å². The molecule has 0 spiro atoms. The highest BCUT2D eigenvalue weighted by Crippen LogP contribution is 2.30. The van der Waals surface area contributed by atoms with Crippen LogP contribution in [0, 0.1) is 6.92 Å². The van der Waals surface area contributed by atoms with Crippen LogP contribution in [-0.2, 0) is 4.79 Å². The molecule has 1 atom stereocenters. The Bertz CT molecular complexity index is 651. The highest BCUT2D eigenvalue weighted by atomic mass is 16.5. The van der Waals surface area contributed by atoms with E-state index in [0.29, 0.717) is 30.8 Å². The molecule has 122 valence electrons. The maximum Gasteiger partial charge on any atom is 0.311 e. The van der Waals surface area contributed by atoms with E-state index in [1.165, 1.54) is 0 Å². The van der Waals surface area contributed by atoms with E-state index in [9.17, 15) is 9.90 Å². The first-order valence-corrected chi connectivity index (χ1v) is 7.67. The summed E-state index contributed by atoms with van der Waals surface area (Å²) in [4.78, 5) is 11.6. The second kappa shape index (κ2) is 8.22. The Kier molecular flexibility index (Phi) is 6.03. The van der Waals surface area contributed by atoms with Crippen molar-refractivity contribution in [2.75, 3.05) is 13.7 Å². The van der Waals surface area contributed by atoms with Gasteiger partial charge in [-0.3, -0.25) is 4.79 Å². The monoisotopic (exact) mass is 314 g/mol. The van der Waals surface area contributed by atoms with E-state index in [1.54, 1.807) is 19.2 Å². The van der Waals surface area contributed by atoms with Gasteiger partial charge in [0.05, 0.1) is 19.6 Å². The predicted molar refractivity (Wildman–Crippen MR) is 89.3 cm³/mol. The van der Waals surface area contributed by atoms with Gasteiger partial charge in [-0.05, 0) is 43.5 Å². The van der Waals surface area contributed by atoms with Crippen molar-refractivity contribution in [3.63, 3.8) is 0 Å². The minimum atomic E-state index is -0.843. The minimum absolute atomic E-state index is 0.488. The van der Waals surface area contributed by atoms with Crippen LogP contribution in [-0.4, -0.2) is 24.8 Å². The molecule has 0 amide bonds. The maximum absolute atomic E-state index is 11.6. The Labute approximate surface area is 136 Å². The summed E-state index contributed by atoms with van der Waals surface area (Å²) in [5, 5.41) is 9.50. The van der Waals surface area contributed by atoms with Crippen LogP contribution in [0.4, 0.5) is 0 Å². The zero-order chi connectivity index (χ0) is 16.7. The molecule has 2 aromatic carbocycles. The fourth-order valence-corrected chi connectivity index (χ4v) is 2.55. The van der Waals surface area contributed by atoms with Gasteiger partial charge in [-0.2, -0.15) is 0 Å². The normalized spacial score (nSPS) is 11.7. The van der Waals surface area contributed by atoms with Crippen molar-refractivity contribution in [2.45, 2.75) is 25.7 Å². The topological polar surface area (TPSA) is 55.8 Å². The van der Waals surface area contributed by atoms with Gasteiger partial charge in [0.2, 0.25) is 0 Å². The first-order valence-electron chi connectivity index (χ1n) is 7.67. The average molecular weight is 314 g/mol. The summed E-state index contributed by atoms with van der Waals surface area (Å²) in [6.07, 6.45) is 1.16. The third kappa shape index (κ3) is 4.74. The van der Waals surface area contributed by atoms with Gasteiger partial charge in [-0.1, -0.05) is 30.3 Å². The first kappa shape index (κ1) is 16.9. The van der Waals surface area contributed by atoms with Gasteiger partial charge < -0.3 is 14.6 Å². The van der Waals surface area contributed by atoms with E-state index in [0.717, 1.165) is 11.3 Å². The summed E-state index contributed by atoms with van der Waals surface area (Å²) in [5.74, 6) is -0.00835. The molecule has 0 bridgehead atoms. The number of methoxy groups -OCH3 is 1. The quantitative estimate of drug-likeness (QED) is 0.747. The number of para-hydroxylation sites is 1. The van der Waals surface area contributed by atoms with Crippen molar-refractivity contribution in [2.24, 2.45) is 0 Å². The van der Waals surface area contributed by atoms with E-state index < -0.39 is 11.9 Å². The highest BCUT2D eigenvalue weighted by Gasteiger charge is 2.22. The summed E-state index contributed by atoms with van der Waals surface area (Å²) >= 11 is 0. The van der Waals surface area contributed by atoms with Gasteiger partial charge in [0.15, 0.2) is 0 Å². The third-order valence-electron chi connectivity index (χ3n) is 3.71. The predicted octanol–water partition coefficient (Wildman–Crippen LogP) is 4.03. The van der Waals surface area contributed by atoms with Crippen LogP contribution in [0.25, 0.3) is 0 Å². The van der Waals surface area contributed by atoms with Crippen molar-refractivity contribution in [1.82, 2.24) is 0 Å². The summed E-state index contributed by atoms with van der Waals surface area (Å²) in [5.41, 5.74) is 1.85. The number of aliphatic carboxylic acids is 1. The molecule has 0 heterocycles. The zero-order valence-electron chi connectivity index (χ0n) is 13.5. The van der Waals surface area contributed by atoms with Crippen LogP contribution in [0.2, 0.25) is 0 Å². The molecule has 0 aliphatic carbocycles. The standard InChI is InChI=1S/C19H22O4/c1-14-7-5-8-15(13-14)23-12-6-10-17(19(20)21)16-9-3-4-11-18(16)22-2/h3-5,7-9,11,13,17H,6,10,12H2,1-2H3,(H,20,21). The number of benzene rings is 2. The molecule has 1 N–H and O–H groups in total. The number of aryl methyl sites for hydroxylation is 1. The second-order valence-electron chi connectivity index (χ2n) is 5.44. The van der Waals surface area contributed by atoms with E-state index in [2.05, 4.69) is 0 Å². The van der Waals surface area contributed by atoms with Crippen LogP contribution < -0.4 is 9.47 Å². The van der Waals surface area contributed by atoms with Gasteiger partial charge in [-0.15, -0.1) is 0 Å². The SMILES string of the molecule is COc1ccccc1C(CCCOc1cccc(C)c1)C(=O)O. The van der Waals surface area contributed by atoms with E-state index in [-0.39, 0.29) is 0 Å². The summed E-state index contributed by atoms with van der Waals surface area (Å²) in [7, 11) is 1.55. The minimum Gasteiger partial charge on any atom is -0.496 e. The third-order valence-corrected chi connectivity index (χ3v) is 3.71. The van der Waals surface area contributed by atoms with Crippen LogP contribution in [0.15, 0.2) is 48.5 Å². The smallest absolute Gasteiger partial charge is 0.311 e. The summed E-state index contributed by atoms with van der Waals surface area (Å²) in [6, 6.07) is 15.1. The Morgan fingerprint density at radius 3 is 2.65 bits per heavy atom. The number of carbonyl (C=O) groups is 1. The van der Waals surface area contributed by atoms with Gasteiger partial charge in [0.1, 0.15) is 11.5 Å². The van der Waals surface area contributed by atoms with Crippen LogP contribution >= 0.6 is 0 Å². The van der Waals surface area contributed by atoms with Crippen molar-refractivity contribution in [1.29, 1.82) is 0 Å². The number of hydrogen-bond donors (Lipinski definition) is 1. The van der Waals surface area contributed by atoms with Crippen molar-refractivity contribution < 1.29 is 19.4 Å². The number of carboxylic acid groups (broad SMARTS) is 1. The number of rotatable bonds is 8. The molecule has 0 saturated carbocycles. The molecule has 0 aliphatic heterocycles. The second-order valence-corrected chi connectivity index (χ2v) is 5.44. The molecule has 2 aromatic rings. The van der Waals surface area contributed by atoms with Crippen molar-refractivity contribution in [3.05, 3.63) is 59.7 Å². The fraction of sp³-hybridized carbons (Fsp3) is 0.316. The Morgan fingerprint density at radius 2 is 1.96 bits per heavy atom. The molecule has 0 aromatic heterocycles. The number of carboxylic acids is 1. The maximum atomic E-state index is 11.6. The Balaban J connectivity index is 1.94. The zero-order valence-corrected chi connectivity index (χ0v) is 13.5. The summed E-state index contributed by atoms with van der Waals surface area (Å²) < 4.78 is 11.0. The Morgan fingerprint density at radius 1 is 1.17 bits per heavy atom. The average Bonchev–Trinajstić information content (AvgIpc) is 2.54. The van der Waals surface area contributed by atoms with Crippen molar-refractivity contribution >= 4 is 5.97 Å². The number of ether oxygens (including phenoxy) is 2. The summed E-state index contributed by atoms with van der Waals surface area (Å²) in [6.45, 7) is 2.50. The van der Waals surface area contributed by atoms with E-state index in [4.69, 9.17) is 9.47 Å². The molecule has 2 rings (SSSR count). The lowest BCUT2D eigenvalue weighted by atomic mass is 9.93. The van der Waals surface area contributed by atoms with Gasteiger partial charge in [-0.25, -0.2) is 0 Å². The fourth-order valence-electron chi connectivity index (χ4n) is 2.55. The lowest BCUT2D eigenvalue weighted by molar-refractivity contribution is -0.139. The molecular weight excluding hydrogens is 292 g/mol. The molecule has 0 radical (unpaired) electrons. The van der Waals surface area contributed by atoms with Crippen LogP contribution in [0.1, 0.15) is 29.9 Å². The first-order chi connectivity index (χ1) is 11.1. The van der Waals surface area contributed by atoms with E-state index in [1.807, 2.05) is 43.3 Å². The lowest BCUT2D eigenvalue weighted by Gasteiger charge is -2.16. The van der Waals surface area contributed by atoms with Crippen molar-refractivity contribution in [3.8, 4) is 11.5 Å². The van der Waals surface area contributed by atoms with Crippen LogP contribution in [0.5, 0.6) is 11.5 Å². The number of hydrogen-bond acceptors (Lipinski definition) is 3. The molecule has 0 saturated heterocycles. The molecule has 23 heavy (non-hydrogen) atoms. The lowest BCUT2D eigenvalue weighted by Crippen LogP contribution is -2.14.